The lowest BCUT2D eigenvalue weighted by atomic mass is 10.1. The molecule has 0 N–H and O–H groups in total. The molecule has 1 rings (SSSR count). The van der Waals surface area contributed by atoms with Gasteiger partial charge in [0.15, 0.2) is 0 Å². The Balaban J connectivity index is 2.52. The molecule has 0 amide bonds. The van der Waals surface area contributed by atoms with Crippen LogP contribution in [0.25, 0.3) is 0 Å². The molecule has 0 aromatic heterocycles. The Kier molecular flexibility index (Phi) is 3.64. The molecule has 59 valence electrons. The molecule has 0 saturated heterocycles. The van der Waals surface area contributed by atoms with E-state index in [4.69, 9.17) is 0 Å². The first kappa shape index (κ1) is 8.79. The largest absolute Gasteiger partial charge is 0.0654 e. The second kappa shape index (κ2) is 4.55. The molecule has 0 fully saturated rings. The van der Waals surface area contributed by atoms with E-state index in [-0.39, 0.29) is 0 Å². The van der Waals surface area contributed by atoms with Gasteiger partial charge in [0.05, 0.1) is 0 Å². The van der Waals surface area contributed by atoms with Gasteiger partial charge < -0.3 is 0 Å². The van der Waals surface area contributed by atoms with Crippen molar-refractivity contribution >= 4 is 15.9 Å². The molecule has 1 aromatic carbocycles. The van der Waals surface area contributed by atoms with E-state index < -0.39 is 0 Å². The van der Waals surface area contributed by atoms with E-state index in [9.17, 15) is 0 Å². The molecule has 0 saturated carbocycles. The van der Waals surface area contributed by atoms with Crippen molar-refractivity contribution in [2.45, 2.75) is 19.8 Å². The molecule has 0 unspecified atom stereocenters. The smallest absolute Gasteiger partial charge is 0.0175 e. The van der Waals surface area contributed by atoms with Gasteiger partial charge in [-0.3, -0.25) is 0 Å². The summed E-state index contributed by atoms with van der Waals surface area (Å²) in [5, 5.41) is 0. The summed E-state index contributed by atoms with van der Waals surface area (Å²) in [6, 6.07) is 8.39. The summed E-state index contributed by atoms with van der Waals surface area (Å²) in [6.45, 7) is 2.19. The Morgan fingerprint density at radius 1 is 1.27 bits per heavy atom. The van der Waals surface area contributed by atoms with Gasteiger partial charge in [-0.1, -0.05) is 41.4 Å². The van der Waals surface area contributed by atoms with Crippen molar-refractivity contribution in [3.63, 3.8) is 0 Å². The van der Waals surface area contributed by atoms with Crippen molar-refractivity contribution in [2.24, 2.45) is 0 Å². The first-order valence-electron chi connectivity index (χ1n) is 3.91. The predicted molar refractivity (Wildman–Crippen MR) is 52.5 cm³/mol. The Morgan fingerprint density at radius 3 is 2.45 bits per heavy atom. The maximum Gasteiger partial charge on any atom is 0.0175 e. The molecule has 0 nitrogen and oxygen atoms in total. The molecule has 0 aliphatic rings. The van der Waals surface area contributed by atoms with Crippen molar-refractivity contribution in [3.8, 4) is 0 Å². The monoisotopic (exact) mass is 211 g/mol. The average Bonchev–Trinajstić information content (AvgIpc) is 2.04. The topological polar surface area (TPSA) is 0 Å². The summed E-state index contributed by atoms with van der Waals surface area (Å²) < 4.78 is 1.14. The quantitative estimate of drug-likeness (QED) is 0.714. The number of benzene rings is 1. The summed E-state index contributed by atoms with van der Waals surface area (Å²) in [5.41, 5.74) is 1.31. The number of rotatable bonds is 3. The summed E-state index contributed by atoms with van der Waals surface area (Å²) in [6.07, 6.45) is 4.64. The molecule has 0 heterocycles. The molecule has 0 atom stereocenters. The van der Waals surface area contributed by atoms with Crippen molar-refractivity contribution < 1.29 is 0 Å². The van der Waals surface area contributed by atoms with Gasteiger partial charge in [0, 0.05) is 4.47 Å². The van der Waals surface area contributed by atoms with Crippen molar-refractivity contribution in [1.29, 1.82) is 0 Å². The molecule has 1 heteroatoms. The van der Waals surface area contributed by atoms with E-state index in [1.165, 1.54) is 18.4 Å². The third kappa shape index (κ3) is 3.06. The Bertz CT molecular complexity index is 201. The zero-order valence-corrected chi connectivity index (χ0v) is 8.26. The van der Waals surface area contributed by atoms with Crippen LogP contribution in [0.4, 0.5) is 0 Å². The van der Waals surface area contributed by atoms with Crippen LogP contribution in [0.5, 0.6) is 0 Å². The maximum absolute atomic E-state index is 3.40. The van der Waals surface area contributed by atoms with E-state index in [1.807, 2.05) is 0 Å². The van der Waals surface area contributed by atoms with Crippen molar-refractivity contribution in [1.82, 2.24) is 0 Å². The second-order valence-corrected chi connectivity index (χ2v) is 3.46. The lowest BCUT2D eigenvalue weighted by Crippen LogP contribution is -1.79. The van der Waals surface area contributed by atoms with Gasteiger partial charge in [0.2, 0.25) is 0 Å². The minimum absolute atomic E-state index is 1.14. The first-order valence-corrected chi connectivity index (χ1v) is 4.71. The molecule has 1 radical (unpaired) electrons. The number of halogens is 1. The van der Waals surface area contributed by atoms with E-state index in [1.54, 1.807) is 0 Å². The highest BCUT2D eigenvalue weighted by atomic mass is 79.9. The molecule has 0 spiro atoms. The molecular formula is C10H12Br. The number of unbranched alkanes of at least 4 members (excludes halogenated alkanes) is 1. The SMILES string of the molecule is CCC[CH]c1ccc(Br)cc1. The number of hydrogen-bond acceptors (Lipinski definition) is 0. The van der Waals surface area contributed by atoms with Crippen LogP contribution in [0.3, 0.4) is 0 Å². The fourth-order valence-electron chi connectivity index (χ4n) is 0.910. The van der Waals surface area contributed by atoms with Crippen molar-refractivity contribution in [3.05, 3.63) is 40.7 Å². The summed E-state index contributed by atoms with van der Waals surface area (Å²) in [5.74, 6) is 0. The van der Waals surface area contributed by atoms with Gasteiger partial charge in [0.1, 0.15) is 0 Å². The maximum atomic E-state index is 3.40. The van der Waals surface area contributed by atoms with Gasteiger partial charge in [-0.2, -0.15) is 0 Å². The van der Waals surface area contributed by atoms with Crippen LogP contribution in [0, 0.1) is 6.42 Å². The Labute approximate surface area is 76.8 Å². The van der Waals surface area contributed by atoms with Crippen LogP contribution < -0.4 is 0 Å². The molecule has 0 aliphatic carbocycles. The van der Waals surface area contributed by atoms with E-state index in [0.29, 0.717) is 0 Å². The molecule has 0 bridgehead atoms. The molecule has 1 aromatic rings. The average molecular weight is 212 g/mol. The van der Waals surface area contributed by atoms with Crippen LogP contribution in [0.2, 0.25) is 0 Å². The van der Waals surface area contributed by atoms with E-state index >= 15 is 0 Å². The molecule has 0 aliphatic heterocycles. The lowest BCUT2D eigenvalue weighted by molar-refractivity contribution is 0.913. The normalized spacial score (nSPS) is 10.0. The van der Waals surface area contributed by atoms with Crippen LogP contribution in [0.1, 0.15) is 25.3 Å². The van der Waals surface area contributed by atoms with Gasteiger partial charge >= 0.3 is 0 Å². The fourth-order valence-corrected chi connectivity index (χ4v) is 1.17. The van der Waals surface area contributed by atoms with Crippen molar-refractivity contribution in [2.75, 3.05) is 0 Å². The van der Waals surface area contributed by atoms with Gasteiger partial charge in [-0.15, -0.1) is 0 Å². The summed E-state index contributed by atoms with van der Waals surface area (Å²) >= 11 is 3.40. The minimum atomic E-state index is 1.14. The summed E-state index contributed by atoms with van der Waals surface area (Å²) in [4.78, 5) is 0. The van der Waals surface area contributed by atoms with Gasteiger partial charge in [0.25, 0.3) is 0 Å². The highest BCUT2D eigenvalue weighted by Gasteiger charge is 1.91. The summed E-state index contributed by atoms with van der Waals surface area (Å²) in [7, 11) is 0. The van der Waals surface area contributed by atoms with Crippen LogP contribution in [-0.4, -0.2) is 0 Å². The van der Waals surface area contributed by atoms with Crippen LogP contribution in [-0.2, 0) is 0 Å². The Morgan fingerprint density at radius 2 is 1.91 bits per heavy atom. The zero-order chi connectivity index (χ0) is 8.10. The third-order valence-electron chi connectivity index (χ3n) is 1.54. The minimum Gasteiger partial charge on any atom is -0.0654 e. The highest BCUT2D eigenvalue weighted by molar-refractivity contribution is 9.10. The number of hydrogen-bond donors (Lipinski definition) is 0. The van der Waals surface area contributed by atoms with E-state index in [2.05, 4.69) is 53.5 Å². The Hall–Kier alpha value is -0.300. The van der Waals surface area contributed by atoms with E-state index in [0.717, 1.165) is 4.47 Å². The first-order chi connectivity index (χ1) is 5.33. The molecular weight excluding hydrogens is 200 g/mol. The molecule has 11 heavy (non-hydrogen) atoms. The van der Waals surface area contributed by atoms with Gasteiger partial charge in [-0.25, -0.2) is 0 Å². The second-order valence-electron chi connectivity index (χ2n) is 2.54. The predicted octanol–water partition coefficient (Wildman–Crippen LogP) is 3.80. The third-order valence-corrected chi connectivity index (χ3v) is 2.07. The lowest BCUT2D eigenvalue weighted by Gasteiger charge is -1.97. The fraction of sp³-hybridized carbons (Fsp3) is 0.300. The highest BCUT2D eigenvalue weighted by Crippen LogP contribution is 2.13. The van der Waals surface area contributed by atoms with Crippen LogP contribution >= 0.6 is 15.9 Å². The van der Waals surface area contributed by atoms with Crippen LogP contribution in [0.15, 0.2) is 28.7 Å². The standard InChI is InChI=1S/C10H12Br/c1-2-3-4-9-5-7-10(11)8-6-9/h4-8H,2-3H2,1H3. The van der Waals surface area contributed by atoms with Gasteiger partial charge in [-0.05, 0) is 30.5 Å². The zero-order valence-electron chi connectivity index (χ0n) is 6.68.